The minimum atomic E-state index is 0.337. The zero-order valence-corrected chi connectivity index (χ0v) is 13.3. The molecule has 0 saturated carbocycles. The Labute approximate surface area is 142 Å². The van der Waals surface area contributed by atoms with Gasteiger partial charge in [0, 0.05) is 0 Å². The molecule has 116 valence electrons. The Morgan fingerprint density at radius 2 is 1.33 bits per heavy atom. The van der Waals surface area contributed by atoms with Crippen molar-refractivity contribution in [1.82, 2.24) is 10.0 Å². The van der Waals surface area contributed by atoms with Crippen molar-refractivity contribution in [3.05, 3.63) is 102 Å². The van der Waals surface area contributed by atoms with Crippen molar-refractivity contribution in [3.8, 4) is 11.1 Å². The Kier molecular flexibility index (Phi) is 3.03. The second-order valence-corrected chi connectivity index (χ2v) is 6.33. The Hall–Kier alpha value is -2.84. The van der Waals surface area contributed by atoms with E-state index in [0.717, 1.165) is 6.67 Å². The number of hydrogen-bond donors (Lipinski definition) is 0. The van der Waals surface area contributed by atoms with Gasteiger partial charge in [-0.05, 0) is 34.4 Å². The highest BCUT2D eigenvalue weighted by Gasteiger charge is 2.45. The van der Waals surface area contributed by atoms with Crippen LogP contribution in [0.5, 0.6) is 0 Å². The number of hydrogen-bond acceptors (Lipinski definition) is 2. The Morgan fingerprint density at radius 1 is 0.667 bits per heavy atom. The number of fused-ring (bicyclic) bond motifs is 1. The fourth-order valence-corrected chi connectivity index (χ4v) is 3.54. The van der Waals surface area contributed by atoms with Crippen LogP contribution in [0.2, 0.25) is 0 Å². The minimum absolute atomic E-state index is 0.337. The molecule has 2 unspecified atom stereocenters. The van der Waals surface area contributed by atoms with Crippen LogP contribution >= 0.6 is 0 Å². The molecule has 0 amide bonds. The van der Waals surface area contributed by atoms with Crippen LogP contribution in [-0.4, -0.2) is 16.7 Å². The fraction of sp³-hybridized carbons (Fsp3) is 0.0909. The molecule has 3 aromatic carbocycles. The first-order valence-corrected chi connectivity index (χ1v) is 8.37. The van der Waals surface area contributed by atoms with Gasteiger partial charge in [0.25, 0.3) is 0 Å². The third kappa shape index (κ3) is 2.24. The van der Waals surface area contributed by atoms with E-state index in [0.29, 0.717) is 6.04 Å². The van der Waals surface area contributed by atoms with Gasteiger partial charge in [-0.2, -0.15) is 5.01 Å². The van der Waals surface area contributed by atoms with Crippen molar-refractivity contribution in [3.63, 3.8) is 0 Å². The van der Waals surface area contributed by atoms with Crippen LogP contribution in [0.3, 0.4) is 0 Å². The van der Waals surface area contributed by atoms with Crippen molar-refractivity contribution in [2.24, 2.45) is 0 Å². The predicted molar refractivity (Wildman–Crippen MR) is 97.6 cm³/mol. The molecule has 0 bridgehead atoms. The van der Waals surface area contributed by atoms with E-state index < -0.39 is 0 Å². The van der Waals surface area contributed by atoms with E-state index in [1.807, 2.05) is 0 Å². The van der Waals surface area contributed by atoms with Gasteiger partial charge in [-0.1, -0.05) is 78.9 Å². The lowest BCUT2D eigenvalue weighted by Crippen LogP contribution is -2.05. The molecule has 2 heteroatoms. The van der Waals surface area contributed by atoms with Crippen LogP contribution in [0.4, 0.5) is 0 Å². The van der Waals surface area contributed by atoms with Gasteiger partial charge in [0.2, 0.25) is 0 Å². The van der Waals surface area contributed by atoms with E-state index >= 15 is 0 Å². The van der Waals surface area contributed by atoms with Gasteiger partial charge in [0.15, 0.2) is 0 Å². The van der Waals surface area contributed by atoms with E-state index in [2.05, 4.69) is 101 Å². The molecule has 0 aromatic heterocycles. The first kappa shape index (κ1) is 13.6. The normalized spacial score (nSPS) is 21.3. The fourth-order valence-electron chi connectivity index (χ4n) is 3.54. The summed E-state index contributed by atoms with van der Waals surface area (Å²) in [6.07, 6.45) is 2.38. The number of benzene rings is 3. The molecule has 1 fully saturated rings. The van der Waals surface area contributed by atoms with Crippen LogP contribution in [0.25, 0.3) is 16.8 Å². The number of hydrazine groups is 1. The van der Waals surface area contributed by atoms with E-state index in [1.54, 1.807) is 0 Å². The molecular weight excluding hydrogens is 292 g/mol. The molecule has 2 nitrogen and oxygen atoms in total. The van der Waals surface area contributed by atoms with Gasteiger partial charge in [-0.25, -0.2) is 0 Å². The van der Waals surface area contributed by atoms with Gasteiger partial charge in [-0.3, -0.25) is 5.01 Å². The van der Waals surface area contributed by atoms with Crippen LogP contribution in [0.15, 0.2) is 91.0 Å². The summed E-state index contributed by atoms with van der Waals surface area (Å²) in [6.45, 7) is 1.01. The van der Waals surface area contributed by atoms with Gasteiger partial charge >= 0.3 is 0 Å². The van der Waals surface area contributed by atoms with Crippen molar-refractivity contribution in [2.75, 3.05) is 6.67 Å². The lowest BCUT2D eigenvalue weighted by atomic mass is 9.98. The molecular formula is C22H18N2. The Bertz CT molecular complexity index is 900. The topological polar surface area (TPSA) is 6.02 Å². The highest BCUT2D eigenvalue weighted by atomic mass is 15.8. The third-order valence-electron chi connectivity index (χ3n) is 4.82. The maximum absolute atomic E-state index is 2.41. The summed E-state index contributed by atoms with van der Waals surface area (Å²) >= 11 is 0. The summed E-state index contributed by atoms with van der Waals surface area (Å²) in [5, 5.41) is 4.77. The second-order valence-electron chi connectivity index (χ2n) is 6.33. The van der Waals surface area contributed by atoms with Gasteiger partial charge in [0.1, 0.15) is 6.67 Å². The third-order valence-corrected chi connectivity index (χ3v) is 4.82. The first-order chi connectivity index (χ1) is 11.9. The molecule has 2 aliphatic rings. The molecule has 5 rings (SSSR count). The lowest BCUT2D eigenvalue weighted by molar-refractivity contribution is 0.371. The molecule has 3 aromatic rings. The summed E-state index contributed by atoms with van der Waals surface area (Å²) in [4.78, 5) is 0. The van der Waals surface area contributed by atoms with E-state index in [4.69, 9.17) is 0 Å². The molecule has 0 radical (unpaired) electrons. The molecule has 2 atom stereocenters. The smallest absolute Gasteiger partial charge is 0.106 e. The van der Waals surface area contributed by atoms with Crippen LogP contribution in [0.1, 0.15) is 17.2 Å². The van der Waals surface area contributed by atoms with Crippen LogP contribution < -0.4 is 0 Å². The second kappa shape index (κ2) is 5.36. The lowest BCUT2D eigenvalue weighted by Gasteiger charge is -2.11. The molecule has 2 heterocycles. The van der Waals surface area contributed by atoms with E-state index in [1.165, 1.54) is 28.0 Å². The van der Waals surface area contributed by atoms with Crippen molar-refractivity contribution in [2.45, 2.75) is 6.04 Å². The molecule has 24 heavy (non-hydrogen) atoms. The SMILES string of the molecule is C1=C(c2ccccc2)N2CN2C1c1cccc(-c2ccccc2)c1. The summed E-state index contributed by atoms with van der Waals surface area (Å²) < 4.78 is 0. The molecule has 0 aliphatic carbocycles. The maximum atomic E-state index is 2.41. The molecule has 1 saturated heterocycles. The first-order valence-electron chi connectivity index (χ1n) is 8.37. The van der Waals surface area contributed by atoms with E-state index in [9.17, 15) is 0 Å². The van der Waals surface area contributed by atoms with Crippen LogP contribution in [-0.2, 0) is 0 Å². The largest absolute Gasteiger partial charge is 0.287 e. The molecule has 2 aliphatic heterocycles. The maximum Gasteiger partial charge on any atom is 0.106 e. The summed E-state index contributed by atoms with van der Waals surface area (Å²) in [7, 11) is 0. The Morgan fingerprint density at radius 3 is 2.08 bits per heavy atom. The summed E-state index contributed by atoms with van der Waals surface area (Å²) in [5.41, 5.74) is 6.52. The number of rotatable bonds is 3. The monoisotopic (exact) mass is 310 g/mol. The zero-order valence-electron chi connectivity index (χ0n) is 13.3. The van der Waals surface area contributed by atoms with E-state index in [-0.39, 0.29) is 0 Å². The predicted octanol–water partition coefficient (Wildman–Crippen LogP) is 4.94. The van der Waals surface area contributed by atoms with Crippen molar-refractivity contribution >= 4 is 5.70 Å². The van der Waals surface area contributed by atoms with Gasteiger partial charge < -0.3 is 0 Å². The summed E-state index contributed by atoms with van der Waals surface area (Å²) in [5.74, 6) is 0. The Balaban J connectivity index is 1.51. The van der Waals surface area contributed by atoms with Crippen molar-refractivity contribution in [1.29, 1.82) is 0 Å². The molecule has 0 spiro atoms. The standard InChI is InChI=1S/C22H18N2/c1-3-8-17(9-4-1)19-12-7-13-20(14-19)22-15-21(23-16-24(22)23)18-10-5-2-6-11-18/h1-15,22H,16H2. The quantitative estimate of drug-likeness (QED) is 0.632. The minimum Gasteiger partial charge on any atom is -0.287 e. The van der Waals surface area contributed by atoms with Crippen molar-refractivity contribution < 1.29 is 0 Å². The van der Waals surface area contributed by atoms with Gasteiger partial charge in [-0.15, -0.1) is 0 Å². The highest BCUT2D eigenvalue weighted by molar-refractivity contribution is 5.70. The zero-order chi connectivity index (χ0) is 15.9. The number of nitrogens with zero attached hydrogens (tertiary/aromatic N) is 2. The summed E-state index contributed by atoms with van der Waals surface area (Å²) in [6, 6.07) is 30.5. The average molecular weight is 310 g/mol. The molecule has 0 N–H and O–H groups in total. The van der Waals surface area contributed by atoms with Gasteiger partial charge in [0.05, 0.1) is 11.7 Å². The average Bonchev–Trinajstić information content (AvgIpc) is 3.36. The highest BCUT2D eigenvalue weighted by Crippen LogP contribution is 2.46. The van der Waals surface area contributed by atoms with Crippen LogP contribution in [0, 0.1) is 0 Å².